The summed E-state index contributed by atoms with van der Waals surface area (Å²) in [6.07, 6.45) is 2.59. The van der Waals surface area contributed by atoms with Crippen molar-refractivity contribution >= 4 is 6.03 Å². The number of rotatable bonds is 7. The molecule has 2 unspecified atom stereocenters. The molecule has 1 fully saturated rings. The number of aliphatic hydroxyl groups excluding tert-OH is 1. The van der Waals surface area contributed by atoms with Crippen LogP contribution in [0.4, 0.5) is 4.79 Å². The van der Waals surface area contributed by atoms with Crippen molar-refractivity contribution in [2.45, 2.75) is 52.7 Å². The number of likely N-dealkylation sites (tertiary alicyclic amines) is 1. The molecule has 2 rings (SSSR count). The first-order valence-corrected chi connectivity index (χ1v) is 9.43. The second kappa shape index (κ2) is 9.78. The minimum absolute atomic E-state index is 0.0443. The predicted octanol–water partition coefficient (Wildman–Crippen LogP) is 2.73. The first kappa shape index (κ1) is 19.7. The van der Waals surface area contributed by atoms with Crippen LogP contribution in [0.25, 0.3) is 0 Å². The lowest BCUT2D eigenvalue weighted by atomic mass is 9.99. The van der Waals surface area contributed by atoms with Crippen LogP contribution in [0, 0.1) is 11.8 Å². The largest absolute Gasteiger partial charge is 0.396 e. The molecule has 2 amide bonds. The van der Waals surface area contributed by atoms with Gasteiger partial charge >= 0.3 is 6.03 Å². The van der Waals surface area contributed by atoms with Gasteiger partial charge in [-0.05, 0) is 55.8 Å². The summed E-state index contributed by atoms with van der Waals surface area (Å²) in [4.78, 5) is 14.4. The molecule has 5 nitrogen and oxygen atoms in total. The van der Waals surface area contributed by atoms with Gasteiger partial charge in [-0.25, -0.2) is 4.79 Å². The molecule has 0 aliphatic carbocycles. The van der Waals surface area contributed by atoms with Crippen LogP contribution in [-0.4, -0.2) is 41.8 Å². The summed E-state index contributed by atoms with van der Waals surface area (Å²) in [5, 5.41) is 14.8. The van der Waals surface area contributed by atoms with Crippen molar-refractivity contribution in [2.24, 2.45) is 11.8 Å². The number of hydrogen-bond acceptors (Lipinski definition) is 3. The zero-order chi connectivity index (χ0) is 18.2. The highest BCUT2D eigenvalue weighted by molar-refractivity contribution is 5.74. The predicted molar refractivity (Wildman–Crippen MR) is 101 cm³/mol. The summed E-state index contributed by atoms with van der Waals surface area (Å²) in [6.45, 7) is 10.1. The summed E-state index contributed by atoms with van der Waals surface area (Å²) in [6, 6.07) is 8.23. The van der Waals surface area contributed by atoms with Crippen molar-refractivity contribution in [1.82, 2.24) is 15.5 Å². The molecule has 1 aliphatic rings. The fraction of sp³-hybridized carbons (Fsp3) is 0.650. The molecule has 0 radical (unpaired) electrons. The second-order valence-electron chi connectivity index (χ2n) is 7.55. The highest BCUT2D eigenvalue weighted by atomic mass is 16.3. The first-order chi connectivity index (χ1) is 12.0. The van der Waals surface area contributed by atoms with Crippen LogP contribution in [0.3, 0.4) is 0 Å². The summed E-state index contributed by atoms with van der Waals surface area (Å²) < 4.78 is 0. The summed E-state index contributed by atoms with van der Waals surface area (Å²) in [5.41, 5.74) is 2.42. The number of nitrogens with one attached hydrogen (secondary N) is 2. The van der Waals surface area contributed by atoms with Crippen LogP contribution < -0.4 is 10.6 Å². The number of aliphatic hydroxyl groups is 1. The summed E-state index contributed by atoms with van der Waals surface area (Å²) in [5.74, 6) is 0.904. The fourth-order valence-corrected chi connectivity index (χ4v) is 2.98. The van der Waals surface area contributed by atoms with Crippen LogP contribution in [0.1, 0.15) is 44.7 Å². The van der Waals surface area contributed by atoms with E-state index in [1.54, 1.807) is 0 Å². The van der Waals surface area contributed by atoms with Gasteiger partial charge in [0.2, 0.25) is 0 Å². The van der Waals surface area contributed by atoms with E-state index in [1.807, 2.05) is 13.8 Å². The van der Waals surface area contributed by atoms with Gasteiger partial charge in [0.1, 0.15) is 0 Å². The van der Waals surface area contributed by atoms with Crippen LogP contribution >= 0.6 is 0 Å². The maximum Gasteiger partial charge on any atom is 0.315 e. The Labute approximate surface area is 151 Å². The number of amides is 2. The van der Waals surface area contributed by atoms with Gasteiger partial charge in [-0.1, -0.05) is 38.1 Å². The Hall–Kier alpha value is -1.59. The van der Waals surface area contributed by atoms with Gasteiger partial charge in [0.05, 0.1) is 0 Å². The molecule has 25 heavy (non-hydrogen) atoms. The van der Waals surface area contributed by atoms with Crippen molar-refractivity contribution in [3.63, 3.8) is 0 Å². The monoisotopic (exact) mass is 347 g/mol. The smallest absolute Gasteiger partial charge is 0.315 e. The van der Waals surface area contributed by atoms with Crippen LogP contribution in [0.15, 0.2) is 24.3 Å². The third kappa shape index (κ3) is 6.67. The molecule has 2 atom stereocenters. The minimum Gasteiger partial charge on any atom is -0.396 e. The Morgan fingerprint density at radius 1 is 1.20 bits per heavy atom. The Kier molecular flexibility index (Phi) is 7.72. The number of hydrogen-bond donors (Lipinski definition) is 3. The van der Waals surface area contributed by atoms with Crippen molar-refractivity contribution in [2.75, 3.05) is 19.7 Å². The van der Waals surface area contributed by atoms with Crippen molar-refractivity contribution in [3.8, 4) is 0 Å². The standard InChI is InChI=1S/C20H33N3O2/c1-15-8-10-23(11-9-15)13-19-6-4-18(5-7-19)12-21-20(25)22-17(3)16(2)14-24/h4-7,15-17,24H,8-14H2,1-3H3,(H2,21,22,25). The molecular formula is C20H33N3O2. The number of benzene rings is 1. The first-order valence-electron chi connectivity index (χ1n) is 9.43. The Morgan fingerprint density at radius 3 is 2.40 bits per heavy atom. The lowest BCUT2D eigenvalue weighted by Crippen LogP contribution is -2.43. The average Bonchev–Trinajstić information content (AvgIpc) is 2.62. The van der Waals surface area contributed by atoms with E-state index in [2.05, 4.69) is 46.7 Å². The Bertz CT molecular complexity index is 524. The molecule has 3 N–H and O–H groups in total. The Balaban J connectivity index is 1.73. The van der Waals surface area contributed by atoms with E-state index in [0.717, 1.165) is 18.0 Å². The fourth-order valence-electron chi connectivity index (χ4n) is 2.98. The van der Waals surface area contributed by atoms with Crippen LogP contribution in [0.5, 0.6) is 0 Å². The number of carbonyl (C=O) groups is 1. The van der Waals surface area contributed by atoms with E-state index in [-0.39, 0.29) is 24.6 Å². The van der Waals surface area contributed by atoms with E-state index in [4.69, 9.17) is 5.11 Å². The van der Waals surface area contributed by atoms with Crippen LogP contribution in [-0.2, 0) is 13.1 Å². The van der Waals surface area contributed by atoms with Crippen molar-refractivity contribution in [3.05, 3.63) is 35.4 Å². The maximum atomic E-state index is 11.9. The van der Waals surface area contributed by atoms with Gasteiger partial charge in [0.25, 0.3) is 0 Å². The summed E-state index contributed by atoms with van der Waals surface area (Å²) >= 11 is 0. The number of urea groups is 1. The van der Waals surface area contributed by atoms with Gasteiger partial charge in [-0.15, -0.1) is 0 Å². The third-order valence-electron chi connectivity index (χ3n) is 5.26. The number of nitrogens with zero attached hydrogens (tertiary/aromatic N) is 1. The topological polar surface area (TPSA) is 64.6 Å². The second-order valence-corrected chi connectivity index (χ2v) is 7.55. The van der Waals surface area contributed by atoms with Crippen LogP contribution in [0.2, 0.25) is 0 Å². The lowest BCUT2D eigenvalue weighted by Gasteiger charge is -2.30. The molecule has 1 aliphatic heterocycles. The van der Waals surface area contributed by atoms with Gasteiger partial charge < -0.3 is 15.7 Å². The molecule has 0 spiro atoms. The molecule has 1 aromatic rings. The average molecular weight is 348 g/mol. The zero-order valence-corrected chi connectivity index (χ0v) is 15.8. The summed E-state index contributed by atoms with van der Waals surface area (Å²) in [7, 11) is 0. The minimum atomic E-state index is -0.195. The number of piperidine rings is 1. The highest BCUT2D eigenvalue weighted by Gasteiger charge is 2.16. The molecule has 0 saturated carbocycles. The zero-order valence-electron chi connectivity index (χ0n) is 15.8. The third-order valence-corrected chi connectivity index (χ3v) is 5.26. The molecule has 0 aromatic heterocycles. The molecule has 5 heteroatoms. The van der Waals surface area contributed by atoms with E-state index in [1.165, 1.54) is 31.5 Å². The van der Waals surface area contributed by atoms with E-state index < -0.39 is 0 Å². The molecule has 140 valence electrons. The van der Waals surface area contributed by atoms with E-state index in [9.17, 15) is 4.79 Å². The van der Waals surface area contributed by atoms with Crippen molar-refractivity contribution < 1.29 is 9.90 Å². The molecule has 1 heterocycles. The lowest BCUT2D eigenvalue weighted by molar-refractivity contribution is 0.185. The maximum absolute atomic E-state index is 11.9. The van der Waals surface area contributed by atoms with Crippen molar-refractivity contribution in [1.29, 1.82) is 0 Å². The van der Waals surface area contributed by atoms with E-state index >= 15 is 0 Å². The molecule has 0 bridgehead atoms. The molecule has 1 aromatic carbocycles. The van der Waals surface area contributed by atoms with Gasteiger partial charge in [-0.2, -0.15) is 0 Å². The van der Waals surface area contributed by atoms with Gasteiger partial charge in [-0.3, -0.25) is 4.90 Å². The Morgan fingerprint density at radius 2 is 1.80 bits per heavy atom. The normalized spacial score (nSPS) is 18.6. The highest BCUT2D eigenvalue weighted by Crippen LogP contribution is 2.18. The quantitative estimate of drug-likeness (QED) is 0.711. The molecule has 1 saturated heterocycles. The van der Waals surface area contributed by atoms with E-state index in [0.29, 0.717) is 6.54 Å². The SMILES string of the molecule is CC1CCN(Cc2ccc(CNC(=O)NC(C)C(C)CO)cc2)CC1. The molecular weight excluding hydrogens is 314 g/mol. The van der Waals surface area contributed by atoms with Gasteiger partial charge in [0, 0.05) is 25.7 Å². The van der Waals surface area contributed by atoms with Gasteiger partial charge in [0.15, 0.2) is 0 Å². The number of carbonyl (C=O) groups excluding carboxylic acids is 1.